The molecule has 1 amide bonds. The average molecular weight is 291 g/mol. The number of rotatable bonds is 3. The van der Waals surface area contributed by atoms with E-state index < -0.39 is 17.4 Å². The number of pyridine rings is 1. The Kier molecular flexibility index (Phi) is 4.27. The van der Waals surface area contributed by atoms with Crippen LogP contribution in [0.25, 0.3) is 0 Å². The maximum Gasteiger partial charge on any atom is 0.326 e. The molecule has 0 aromatic carbocycles. The zero-order valence-corrected chi connectivity index (χ0v) is 12.4. The van der Waals surface area contributed by atoms with Crippen molar-refractivity contribution in [1.82, 2.24) is 9.88 Å². The van der Waals surface area contributed by atoms with Crippen LogP contribution in [0.3, 0.4) is 0 Å². The van der Waals surface area contributed by atoms with Gasteiger partial charge in [0.15, 0.2) is 0 Å². The van der Waals surface area contributed by atoms with Crippen LogP contribution < -0.4 is 5.73 Å². The largest absolute Gasteiger partial charge is 0.480 e. The number of likely N-dealkylation sites (tertiary alicyclic amines) is 1. The van der Waals surface area contributed by atoms with E-state index in [1.807, 2.05) is 13.8 Å². The van der Waals surface area contributed by atoms with Gasteiger partial charge < -0.3 is 15.7 Å². The van der Waals surface area contributed by atoms with Gasteiger partial charge in [-0.15, -0.1) is 0 Å². The van der Waals surface area contributed by atoms with Gasteiger partial charge in [-0.2, -0.15) is 0 Å². The minimum atomic E-state index is -0.957. The Hall–Kier alpha value is -1.95. The van der Waals surface area contributed by atoms with Crippen molar-refractivity contribution in [2.24, 2.45) is 11.1 Å². The molecule has 0 saturated carbocycles. The molecule has 0 aliphatic carbocycles. The first-order chi connectivity index (χ1) is 9.86. The molecule has 2 heterocycles. The molecule has 3 N–H and O–H groups in total. The number of hydrogen-bond acceptors (Lipinski definition) is 4. The van der Waals surface area contributed by atoms with Crippen LogP contribution >= 0.6 is 0 Å². The maximum absolute atomic E-state index is 12.7. The standard InChI is InChI=1S/C15H21N3O3/c1-15(2)5-3-7-18(12(15)14(20)21)13(19)10-4-6-17-11(8-10)9-16/h4,6,8,12H,3,5,7,9,16H2,1-2H3,(H,20,21). The number of nitrogens with two attached hydrogens (primary N) is 1. The van der Waals surface area contributed by atoms with E-state index in [1.54, 1.807) is 12.1 Å². The molecule has 0 radical (unpaired) electrons. The molecule has 114 valence electrons. The van der Waals surface area contributed by atoms with Crippen molar-refractivity contribution < 1.29 is 14.7 Å². The van der Waals surface area contributed by atoms with Crippen LogP contribution in [0.15, 0.2) is 18.3 Å². The summed E-state index contributed by atoms with van der Waals surface area (Å²) in [5.74, 6) is -1.23. The van der Waals surface area contributed by atoms with Gasteiger partial charge in [0, 0.05) is 24.8 Å². The number of nitrogens with zero attached hydrogens (tertiary/aromatic N) is 2. The van der Waals surface area contributed by atoms with Gasteiger partial charge in [-0.1, -0.05) is 13.8 Å². The normalized spacial score (nSPS) is 21.1. The molecule has 1 aromatic heterocycles. The Morgan fingerprint density at radius 1 is 1.52 bits per heavy atom. The Morgan fingerprint density at radius 3 is 2.86 bits per heavy atom. The van der Waals surface area contributed by atoms with Gasteiger partial charge in [-0.25, -0.2) is 4.79 Å². The zero-order valence-electron chi connectivity index (χ0n) is 12.4. The third-order valence-electron chi connectivity index (χ3n) is 4.04. The summed E-state index contributed by atoms with van der Waals surface area (Å²) < 4.78 is 0. The van der Waals surface area contributed by atoms with E-state index >= 15 is 0 Å². The van der Waals surface area contributed by atoms with Crippen molar-refractivity contribution in [1.29, 1.82) is 0 Å². The molecule has 6 heteroatoms. The predicted molar refractivity (Wildman–Crippen MR) is 77.6 cm³/mol. The lowest BCUT2D eigenvalue weighted by Gasteiger charge is -2.44. The van der Waals surface area contributed by atoms with Crippen molar-refractivity contribution in [2.45, 2.75) is 39.3 Å². The van der Waals surface area contributed by atoms with E-state index in [1.165, 1.54) is 11.1 Å². The van der Waals surface area contributed by atoms with Crippen LogP contribution in [0.2, 0.25) is 0 Å². The number of aromatic nitrogens is 1. The molecular weight excluding hydrogens is 270 g/mol. The van der Waals surface area contributed by atoms with Crippen LogP contribution in [-0.2, 0) is 11.3 Å². The van der Waals surface area contributed by atoms with Gasteiger partial charge >= 0.3 is 5.97 Å². The van der Waals surface area contributed by atoms with Crippen LogP contribution in [0.5, 0.6) is 0 Å². The minimum Gasteiger partial charge on any atom is -0.480 e. The SMILES string of the molecule is CC1(C)CCCN(C(=O)c2ccnc(CN)c2)C1C(=O)O. The maximum atomic E-state index is 12.7. The quantitative estimate of drug-likeness (QED) is 0.873. The first kappa shape index (κ1) is 15.4. The van der Waals surface area contributed by atoms with Crippen molar-refractivity contribution in [3.8, 4) is 0 Å². The first-order valence-electron chi connectivity index (χ1n) is 7.05. The van der Waals surface area contributed by atoms with Gasteiger partial charge in [0.05, 0.1) is 5.69 Å². The predicted octanol–water partition coefficient (Wildman–Crippen LogP) is 1.26. The molecule has 6 nitrogen and oxygen atoms in total. The fourth-order valence-electron chi connectivity index (χ4n) is 2.97. The summed E-state index contributed by atoms with van der Waals surface area (Å²) in [6.07, 6.45) is 3.12. The number of carboxylic acids is 1. The number of carbonyl (C=O) groups excluding carboxylic acids is 1. The summed E-state index contributed by atoms with van der Waals surface area (Å²) in [6, 6.07) is 2.42. The number of aliphatic carboxylic acids is 1. The van der Waals surface area contributed by atoms with Crippen LogP contribution in [0.1, 0.15) is 42.7 Å². The number of carbonyl (C=O) groups is 2. The number of hydrogen-bond donors (Lipinski definition) is 2. The smallest absolute Gasteiger partial charge is 0.326 e. The zero-order chi connectivity index (χ0) is 15.6. The van der Waals surface area contributed by atoms with E-state index in [0.717, 1.165) is 12.8 Å². The molecule has 1 aromatic rings. The molecule has 21 heavy (non-hydrogen) atoms. The fourth-order valence-corrected chi connectivity index (χ4v) is 2.97. The van der Waals surface area contributed by atoms with E-state index in [9.17, 15) is 14.7 Å². The molecule has 1 aliphatic heterocycles. The number of carboxylic acid groups (broad SMARTS) is 1. The molecular formula is C15H21N3O3. The molecule has 1 atom stereocenters. The Labute approximate surface area is 124 Å². The topological polar surface area (TPSA) is 96.5 Å². The Bertz CT molecular complexity index is 557. The van der Waals surface area contributed by atoms with Crippen molar-refractivity contribution in [3.05, 3.63) is 29.6 Å². The second kappa shape index (κ2) is 5.81. The van der Waals surface area contributed by atoms with E-state index in [-0.39, 0.29) is 12.5 Å². The molecule has 2 rings (SSSR count). The van der Waals surface area contributed by atoms with Crippen LogP contribution in [0.4, 0.5) is 0 Å². The van der Waals surface area contributed by atoms with Gasteiger partial charge in [-0.3, -0.25) is 9.78 Å². The average Bonchev–Trinajstić information content (AvgIpc) is 2.44. The van der Waals surface area contributed by atoms with Gasteiger partial charge in [0.25, 0.3) is 5.91 Å². The Balaban J connectivity index is 2.33. The summed E-state index contributed by atoms with van der Waals surface area (Å²) in [4.78, 5) is 29.8. The van der Waals surface area contributed by atoms with E-state index in [4.69, 9.17) is 5.73 Å². The summed E-state index contributed by atoms with van der Waals surface area (Å²) in [7, 11) is 0. The third-order valence-corrected chi connectivity index (χ3v) is 4.04. The van der Waals surface area contributed by atoms with E-state index in [2.05, 4.69) is 4.98 Å². The minimum absolute atomic E-state index is 0.245. The van der Waals surface area contributed by atoms with Gasteiger partial charge in [-0.05, 0) is 30.4 Å². The number of amides is 1. The lowest BCUT2D eigenvalue weighted by Crippen LogP contribution is -2.56. The van der Waals surface area contributed by atoms with Gasteiger partial charge in [0.1, 0.15) is 6.04 Å². The highest BCUT2D eigenvalue weighted by Crippen LogP contribution is 2.36. The molecule has 1 saturated heterocycles. The lowest BCUT2D eigenvalue weighted by molar-refractivity contribution is -0.148. The van der Waals surface area contributed by atoms with Crippen molar-refractivity contribution in [2.75, 3.05) is 6.54 Å². The highest BCUT2D eigenvalue weighted by molar-refractivity contribution is 5.97. The van der Waals surface area contributed by atoms with E-state index in [0.29, 0.717) is 17.8 Å². The van der Waals surface area contributed by atoms with Crippen molar-refractivity contribution in [3.63, 3.8) is 0 Å². The third kappa shape index (κ3) is 3.05. The summed E-state index contributed by atoms with van der Waals surface area (Å²) in [5.41, 5.74) is 6.15. The second-order valence-corrected chi connectivity index (χ2v) is 6.07. The summed E-state index contributed by atoms with van der Waals surface area (Å²) >= 11 is 0. The monoisotopic (exact) mass is 291 g/mol. The fraction of sp³-hybridized carbons (Fsp3) is 0.533. The van der Waals surface area contributed by atoms with Crippen LogP contribution in [-0.4, -0.2) is 39.5 Å². The first-order valence-corrected chi connectivity index (χ1v) is 7.05. The highest BCUT2D eigenvalue weighted by atomic mass is 16.4. The van der Waals surface area contributed by atoms with Gasteiger partial charge in [0.2, 0.25) is 0 Å². The molecule has 0 bridgehead atoms. The lowest BCUT2D eigenvalue weighted by atomic mass is 9.76. The molecule has 1 aliphatic rings. The Morgan fingerprint density at radius 2 is 2.24 bits per heavy atom. The molecule has 1 fully saturated rings. The number of piperidine rings is 1. The molecule has 1 unspecified atom stereocenters. The van der Waals surface area contributed by atoms with Crippen molar-refractivity contribution >= 4 is 11.9 Å². The summed E-state index contributed by atoms with van der Waals surface area (Å²) in [6.45, 7) is 4.49. The summed E-state index contributed by atoms with van der Waals surface area (Å²) in [5, 5.41) is 9.51. The molecule has 0 spiro atoms. The van der Waals surface area contributed by atoms with Crippen LogP contribution in [0, 0.1) is 5.41 Å². The second-order valence-electron chi connectivity index (χ2n) is 6.07. The highest BCUT2D eigenvalue weighted by Gasteiger charge is 2.44.